The van der Waals surface area contributed by atoms with E-state index in [0.29, 0.717) is 12.5 Å². The summed E-state index contributed by atoms with van der Waals surface area (Å²) < 4.78 is 5.84. The summed E-state index contributed by atoms with van der Waals surface area (Å²) in [4.78, 5) is 31.4. The topological polar surface area (TPSA) is 95.5 Å². The molecule has 1 atom stereocenters. The van der Waals surface area contributed by atoms with Gasteiger partial charge in [0.25, 0.3) is 0 Å². The summed E-state index contributed by atoms with van der Waals surface area (Å²) in [6.45, 7) is 6.65. The van der Waals surface area contributed by atoms with Crippen LogP contribution < -0.4 is 10.6 Å². The van der Waals surface area contributed by atoms with Gasteiger partial charge in [0.15, 0.2) is 5.82 Å². The van der Waals surface area contributed by atoms with Gasteiger partial charge in [-0.15, -0.1) is 0 Å². The molecule has 0 bridgehead atoms. The minimum atomic E-state index is 0.110. The van der Waals surface area contributed by atoms with Gasteiger partial charge in [-0.05, 0) is 43.4 Å². The first-order valence-corrected chi connectivity index (χ1v) is 13.9. The van der Waals surface area contributed by atoms with Crippen LogP contribution in [0.3, 0.4) is 0 Å². The molecule has 0 unspecified atom stereocenters. The number of fused-ring (bicyclic) bond motifs is 1. The van der Waals surface area contributed by atoms with Gasteiger partial charge in [-0.1, -0.05) is 18.9 Å². The molecule has 3 fully saturated rings. The number of rotatable bonds is 6. The zero-order chi connectivity index (χ0) is 25.0. The van der Waals surface area contributed by atoms with E-state index in [1.54, 1.807) is 12.4 Å². The van der Waals surface area contributed by atoms with Gasteiger partial charge >= 0.3 is 0 Å². The first kappa shape index (κ1) is 24.3. The number of carbonyl (C=O) groups is 1. The molecule has 2 saturated heterocycles. The summed E-state index contributed by atoms with van der Waals surface area (Å²) in [5, 5.41) is 6.84. The van der Waals surface area contributed by atoms with Crippen LogP contribution in [0.5, 0.6) is 0 Å². The highest BCUT2D eigenvalue weighted by atomic mass is 16.5. The lowest BCUT2D eigenvalue weighted by molar-refractivity contribution is -0.136. The molecular weight excluding hydrogens is 466 g/mol. The Bertz CT molecular complexity index is 1180. The molecule has 4 aliphatic rings. The van der Waals surface area contributed by atoms with Crippen LogP contribution in [0, 0.1) is 5.92 Å². The van der Waals surface area contributed by atoms with E-state index in [4.69, 9.17) is 9.72 Å². The van der Waals surface area contributed by atoms with E-state index in [2.05, 4.69) is 42.6 Å². The van der Waals surface area contributed by atoms with Crippen molar-refractivity contribution in [3.05, 3.63) is 42.0 Å². The van der Waals surface area contributed by atoms with Crippen LogP contribution in [0.1, 0.15) is 44.2 Å². The van der Waals surface area contributed by atoms with Gasteiger partial charge in [0.1, 0.15) is 5.52 Å². The van der Waals surface area contributed by atoms with Crippen molar-refractivity contribution in [1.82, 2.24) is 30.1 Å². The number of aromatic nitrogens is 3. The number of hydrogen-bond donors (Lipinski definition) is 2. The average molecular weight is 504 g/mol. The Balaban J connectivity index is 1.13. The van der Waals surface area contributed by atoms with Gasteiger partial charge in [0.2, 0.25) is 5.91 Å². The zero-order valence-electron chi connectivity index (χ0n) is 21.5. The highest BCUT2D eigenvalue weighted by Gasteiger charge is 2.30. The van der Waals surface area contributed by atoms with Gasteiger partial charge < -0.3 is 25.2 Å². The third-order valence-corrected chi connectivity index (χ3v) is 8.12. The fourth-order valence-corrected chi connectivity index (χ4v) is 5.97. The maximum Gasteiger partial charge on any atom is 0.225 e. The average Bonchev–Trinajstić information content (AvgIpc) is 3.51. The summed E-state index contributed by atoms with van der Waals surface area (Å²) in [6, 6.07) is 2.05. The van der Waals surface area contributed by atoms with E-state index < -0.39 is 0 Å². The predicted molar refractivity (Wildman–Crippen MR) is 144 cm³/mol. The minimum absolute atomic E-state index is 0.110. The van der Waals surface area contributed by atoms with Gasteiger partial charge in [-0.25, -0.2) is 9.97 Å². The third kappa shape index (κ3) is 5.48. The van der Waals surface area contributed by atoms with Crippen molar-refractivity contribution in [2.24, 2.45) is 5.92 Å². The van der Waals surface area contributed by atoms with Crippen LogP contribution in [-0.4, -0.2) is 89.2 Å². The van der Waals surface area contributed by atoms with Crippen molar-refractivity contribution in [3.8, 4) is 0 Å². The van der Waals surface area contributed by atoms with Crippen molar-refractivity contribution in [3.63, 3.8) is 0 Å². The second-order valence-corrected chi connectivity index (χ2v) is 10.5. The molecule has 0 spiro atoms. The lowest BCUT2D eigenvalue weighted by Gasteiger charge is -2.39. The number of morpholine rings is 1. The minimum Gasteiger partial charge on any atom is -0.374 e. The molecule has 9 heteroatoms. The molecule has 37 heavy (non-hydrogen) atoms. The maximum atomic E-state index is 12.8. The molecule has 4 heterocycles. The van der Waals surface area contributed by atoms with Crippen molar-refractivity contribution in [1.29, 1.82) is 0 Å². The molecule has 0 aromatic carbocycles. The van der Waals surface area contributed by atoms with Crippen LogP contribution in [-0.2, 0) is 9.53 Å². The number of ether oxygens (including phenoxy) is 1. The molecule has 0 radical (unpaired) electrons. The second kappa shape index (κ2) is 11.1. The normalized spacial score (nSPS) is 23.2. The molecule has 6 rings (SSSR count). The second-order valence-electron chi connectivity index (χ2n) is 10.5. The highest BCUT2D eigenvalue weighted by molar-refractivity contribution is 5.88. The van der Waals surface area contributed by atoms with E-state index in [1.165, 1.54) is 24.1 Å². The van der Waals surface area contributed by atoms with Crippen molar-refractivity contribution >= 4 is 28.3 Å². The zero-order valence-corrected chi connectivity index (χ0v) is 21.5. The first-order valence-electron chi connectivity index (χ1n) is 13.9. The molecule has 196 valence electrons. The Morgan fingerprint density at radius 3 is 2.68 bits per heavy atom. The lowest BCUT2D eigenvalue weighted by Crippen LogP contribution is -2.49. The summed E-state index contributed by atoms with van der Waals surface area (Å²) in [7, 11) is 0. The number of anilines is 1. The Hall–Kier alpha value is -3.04. The number of nitrogens with zero attached hydrogens (tertiary/aromatic N) is 5. The van der Waals surface area contributed by atoms with Gasteiger partial charge in [-0.2, -0.15) is 0 Å². The fraction of sp³-hybridized carbons (Fsp3) is 0.571. The van der Waals surface area contributed by atoms with Crippen LogP contribution in [0.15, 0.2) is 36.3 Å². The molecule has 1 saturated carbocycles. The predicted octanol–water partition coefficient (Wildman–Crippen LogP) is 2.82. The summed E-state index contributed by atoms with van der Waals surface area (Å²) in [5.41, 5.74) is 5.15. The molecule has 2 aromatic heterocycles. The summed E-state index contributed by atoms with van der Waals surface area (Å²) >= 11 is 0. The first-order chi connectivity index (χ1) is 18.2. The largest absolute Gasteiger partial charge is 0.374 e. The van der Waals surface area contributed by atoms with Gasteiger partial charge in [-0.3, -0.25) is 9.78 Å². The Morgan fingerprint density at radius 2 is 1.92 bits per heavy atom. The quantitative estimate of drug-likeness (QED) is 0.622. The number of amides is 1. The van der Waals surface area contributed by atoms with E-state index >= 15 is 0 Å². The van der Waals surface area contributed by atoms with Crippen LogP contribution in [0.25, 0.3) is 16.6 Å². The van der Waals surface area contributed by atoms with Crippen LogP contribution in [0.4, 0.5) is 5.82 Å². The Kier molecular flexibility index (Phi) is 7.32. The van der Waals surface area contributed by atoms with E-state index in [-0.39, 0.29) is 12.0 Å². The van der Waals surface area contributed by atoms with E-state index in [0.717, 1.165) is 94.1 Å². The summed E-state index contributed by atoms with van der Waals surface area (Å²) in [5.74, 6) is 1.42. The number of piperazine rings is 1. The monoisotopic (exact) mass is 503 g/mol. The number of carbonyl (C=O) groups excluding carboxylic acids is 1. The van der Waals surface area contributed by atoms with Gasteiger partial charge in [0.05, 0.1) is 23.9 Å². The highest BCUT2D eigenvalue weighted by Crippen LogP contribution is 2.31. The number of pyridine rings is 1. The van der Waals surface area contributed by atoms with Crippen molar-refractivity contribution in [2.45, 2.75) is 44.6 Å². The molecule has 9 nitrogen and oxygen atoms in total. The Labute approximate surface area is 218 Å². The molecule has 2 aromatic rings. The number of allylic oxidation sites excluding steroid dienone is 4. The number of nitrogens with one attached hydrogen (secondary N) is 2. The van der Waals surface area contributed by atoms with Crippen molar-refractivity contribution < 1.29 is 9.53 Å². The SMILES string of the molecule is O=C(C1CCCC1)N1CCN(C2=CC=C(c3cc4nccnc4c(NC[C@@H]4CNCCO4)n3)CC2)CC1. The van der Waals surface area contributed by atoms with E-state index in [1.807, 2.05) is 6.07 Å². The van der Waals surface area contributed by atoms with Crippen LogP contribution in [0.2, 0.25) is 0 Å². The summed E-state index contributed by atoms with van der Waals surface area (Å²) in [6.07, 6.45) is 14.5. The lowest BCUT2D eigenvalue weighted by atomic mass is 9.98. The third-order valence-electron chi connectivity index (χ3n) is 8.12. The standard InChI is InChI=1S/C28H37N7O2/c36-28(21-3-1-2-4-21)35-14-12-34(13-15-35)22-7-5-20(6-8-22)24-17-25-26(31-10-9-30-25)27(33-24)32-19-23-18-29-11-16-37-23/h5,7,9-10,17,21,23,29H,1-4,6,8,11-16,18-19H2,(H,32,33)/t23-/m0/s1. The van der Waals surface area contributed by atoms with Crippen molar-refractivity contribution in [2.75, 3.05) is 57.7 Å². The number of hydrogen-bond acceptors (Lipinski definition) is 8. The maximum absolute atomic E-state index is 12.8. The molecule has 1 amide bonds. The van der Waals surface area contributed by atoms with Crippen LogP contribution >= 0.6 is 0 Å². The molecule has 2 N–H and O–H groups in total. The molecule has 2 aliphatic heterocycles. The van der Waals surface area contributed by atoms with Gasteiger partial charge in [0, 0.05) is 69.8 Å². The molecular formula is C28H37N7O2. The van der Waals surface area contributed by atoms with E-state index in [9.17, 15) is 4.79 Å². The Morgan fingerprint density at radius 1 is 1.08 bits per heavy atom. The molecule has 2 aliphatic carbocycles. The smallest absolute Gasteiger partial charge is 0.225 e. The fourth-order valence-electron chi connectivity index (χ4n) is 5.97.